The Hall–Kier alpha value is -2.87. The average Bonchev–Trinajstić information content (AvgIpc) is 3.16. The van der Waals surface area contributed by atoms with Gasteiger partial charge in [-0.1, -0.05) is 18.7 Å². The molecular weight excluding hydrogens is 374 g/mol. The third-order valence-corrected chi connectivity index (χ3v) is 5.16. The summed E-state index contributed by atoms with van der Waals surface area (Å²) in [4.78, 5) is 16.4. The quantitative estimate of drug-likeness (QED) is 0.587. The number of hydrogen-bond acceptors (Lipinski definition) is 6. The predicted octanol–water partition coefficient (Wildman–Crippen LogP) is 3.34. The zero-order valence-electron chi connectivity index (χ0n) is 16.1. The zero-order valence-corrected chi connectivity index (χ0v) is 16.9. The van der Waals surface area contributed by atoms with Gasteiger partial charge in [-0.15, -0.1) is 10.2 Å². The highest BCUT2D eigenvalue weighted by atomic mass is 32.2. The van der Waals surface area contributed by atoms with E-state index in [4.69, 9.17) is 4.74 Å². The first-order valence-electron chi connectivity index (χ1n) is 9.04. The number of carbonyl (C=O) groups is 1. The van der Waals surface area contributed by atoms with Gasteiger partial charge >= 0.3 is 0 Å². The summed E-state index contributed by atoms with van der Waals surface area (Å²) < 4.78 is 7.18. The average molecular weight is 398 g/mol. The molecule has 146 valence electrons. The van der Waals surface area contributed by atoms with Crippen molar-refractivity contribution >= 4 is 17.7 Å². The Kier molecular flexibility index (Phi) is 6.65. The lowest BCUT2D eigenvalue weighted by Gasteiger charge is -2.12. The summed E-state index contributed by atoms with van der Waals surface area (Å²) in [5.41, 5.74) is 1.73. The molecule has 0 aliphatic heterocycles. The number of nitrogens with zero attached hydrogens (tertiary/aromatic N) is 4. The van der Waals surface area contributed by atoms with E-state index in [1.807, 2.05) is 54.8 Å². The number of carbonyl (C=O) groups excluding carboxylic acids is 1. The van der Waals surface area contributed by atoms with Crippen LogP contribution in [0.15, 0.2) is 53.9 Å². The van der Waals surface area contributed by atoms with Crippen LogP contribution >= 0.6 is 11.8 Å². The van der Waals surface area contributed by atoms with Crippen molar-refractivity contribution in [1.29, 1.82) is 0 Å². The van der Waals surface area contributed by atoms with Gasteiger partial charge in [0.25, 0.3) is 0 Å². The maximum absolute atomic E-state index is 12.2. The van der Waals surface area contributed by atoms with Crippen LogP contribution in [0.25, 0.3) is 17.1 Å². The lowest BCUT2D eigenvalue weighted by molar-refractivity contribution is -0.119. The monoisotopic (exact) mass is 397 g/mol. The number of thioether (sulfide) groups is 1. The van der Waals surface area contributed by atoms with E-state index in [0.717, 1.165) is 23.4 Å². The molecule has 0 spiro atoms. The Morgan fingerprint density at radius 1 is 1.25 bits per heavy atom. The van der Waals surface area contributed by atoms with Crippen molar-refractivity contribution in [3.8, 4) is 22.8 Å². The van der Waals surface area contributed by atoms with E-state index >= 15 is 0 Å². The minimum atomic E-state index is -0.0217. The highest BCUT2D eigenvalue weighted by Crippen LogP contribution is 2.28. The standard InChI is InChI=1S/C20H23N5O2S/c1-4-14(2)22-18(26)13-28-20-24-23-19(15-6-5-11-21-12-15)25(20)16-7-9-17(27-3)10-8-16/h5-12,14H,4,13H2,1-3H3,(H,22,26). The van der Waals surface area contributed by atoms with Gasteiger partial charge in [0.2, 0.25) is 5.91 Å². The molecular formula is C20H23N5O2S. The lowest BCUT2D eigenvalue weighted by atomic mass is 10.2. The van der Waals surface area contributed by atoms with Crippen molar-refractivity contribution in [2.24, 2.45) is 0 Å². The molecule has 3 rings (SSSR count). The second-order valence-electron chi connectivity index (χ2n) is 6.25. The van der Waals surface area contributed by atoms with Crippen molar-refractivity contribution in [1.82, 2.24) is 25.1 Å². The molecule has 3 aromatic rings. The summed E-state index contributed by atoms with van der Waals surface area (Å²) in [5.74, 6) is 1.68. The number of amides is 1. The minimum absolute atomic E-state index is 0.0217. The van der Waals surface area contributed by atoms with E-state index < -0.39 is 0 Å². The van der Waals surface area contributed by atoms with E-state index in [0.29, 0.717) is 11.0 Å². The fourth-order valence-electron chi connectivity index (χ4n) is 2.56. The predicted molar refractivity (Wildman–Crippen MR) is 110 cm³/mol. The third-order valence-electron chi connectivity index (χ3n) is 4.24. The van der Waals surface area contributed by atoms with Gasteiger partial charge in [0, 0.05) is 29.7 Å². The van der Waals surface area contributed by atoms with Gasteiger partial charge in [-0.25, -0.2) is 0 Å². The maximum Gasteiger partial charge on any atom is 0.230 e. The summed E-state index contributed by atoms with van der Waals surface area (Å²) in [5, 5.41) is 12.3. The number of nitrogens with one attached hydrogen (secondary N) is 1. The van der Waals surface area contributed by atoms with Crippen molar-refractivity contribution < 1.29 is 9.53 Å². The zero-order chi connectivity index (χ0) is 19.9. The lowest BCUT2D eigenvalue weighted by Crippen LogP contribution is -2.33. The molecule has 2 aromatic heterocycles. The number of methoxy groups -OCH3 is 1. The first kappa shape index (κ1) is 19.9. The highest BCUT2D eigenvalue weighted by Gasteiger charge is 2.18. The molecule has 0 saturated carbocycles. The van der Waals surface area contributed by atoms with Gasteiger partial charge in [-0.3, -0.25) is 14.3 Å². The Balaban J connectivity index is 1.91. The molecule has 1 atom stereocenters. The van der Waals surface area contributed by atoms with Crippen LogP contribution < -0.4 is 10.1 Å². The second kappa shape index (κ2) is 9.36. The van der Waals surface area contributed by atoms with Gasteiger partial charge in [-0.2, -0.15) is 0 Å². The van der Waals surface area contributed by atoms with Gasteiger partial charge in [0.15, 0.2) is 11.0 Å². The van der Waals surface area contributed by atoms with Gasteiger partial charge in [0.05, 0.1) is 12.9 Å². The van der Waals surface area contributed by atoms with Crippen LogP contribution in [-0.2, 0) is 4.79 Å². The molecule has 1 amide bonds. The van der Waals surface area contributed by atoms with E-state index in [2.05, 4.69) is 20.5 Å². The van der Waals surface area contributed by atoms with Crippen LogP contribution in [0.3, 0.4) is 0 Å². The number of rotatable bonds is 8. The number of aromatic nitrogens is 4. The van der Waals surface area contributed by atoms with E-state index in [1.165, 1.54) is 11.8 Å². The fourth-order valence-corrected chi connectivity index (χ4v) is 3.32. The van der Waals surface area contributed by atoms with E-state index in [-0.39, 0.29) is 17.7 Å². The third kappa shape index (κ3) is 4.69. The van der Waals surface area contributed by atoms with Crippen LogP contribution in [0, 0.1) is 0 Å². The van der Waals surface area contributed by atoms with Crippen molar-refractivity contribution in [3.63, 3.8) is 0 Å². The summed E-state index contributed by atoms with van der Waals surface area (Å²) in [6, 6.07) is 11.6. The minimum Gasteiger partial charge on any atom is -0.497 e. The van der Waals surface area contributed by atoms with Crippen LogP contribution in [-0.4, -0.2) is 44.6 Å². The molecule has 0 saturated heterocycles. The summed E-state index contributed by atoms with van der Waals surface area (Å²) in [7, 11) is 1.63. The van der Waals surface area contributed by atoms with Crippen LogP contribution in [0.1, 0.15) is 20.3 Å². The Bertz CT molecular complexity index is 912. The summed E-state index contributed by atoms with van der Waals surface area (Å²) in [6.07, 6.45) is 4.35. The molecule has 28 heavy (non-hydrogen) atoms. The molecule has 0 bridgehead atoms. The van der Waals surface area contributed by atoms with E-state index in [1.54, 1.807) is 19.5 Å². The first-order chi connectivity index (χ1) is 13.6. The molecule has 8 heteroatoms. The summed E-state index contributed by atoms with van der Waals surface area (Å²) >= 11 is 1.35. The van der Waals surface area contributed by atoms with Gasteiger partial charge in [0.1, 0.15) is 5.75 Å². The van der Waals surface area contributed by atoms with Crippen molar-refractivity contribution in [3.05, 3.63) is 48.8 Å². The van der Waals surface area contributed by atoms with Crippen molar-refractivity contribution in [2.75, 3.05) is 12.9 Å². The molecule has 7 nitrogen and oxygen atoms in total. The number of hydrogen-bond donors (Lipinski definition) is 1. The number of pyridine rings is 1. The first-order valence-corrected chi connectivity index (χ1v) is 10.0. The molecule has 0 aliphatic carbocycles. The van der Waals surface area contributed by atoms with Gasteiger partial charge < -0.3 is 10.1 Å². The Morgan fingerprint density at radius 2 is 2.04 bits per heavy atom. The second-order valence-corrected chi connectivity index (χ2v) is 7.19. The largest absolute Gasteiger partial charge is 0.497 e. The molecule has 1 N–H and O–H groups in total. The molecule has 0 aliphatic rings. The SMILES string of the molecule is CCC(C)NC(=O)CSc1nnc(-c2cccnc2)n1-c1ccc(OC)cc1. The Labute approximate surface area is 168 Å². The van der Waals surface area contributed by atoms with Crippen LogP contribution in [0.5, 0.6) is 5.75 Å². The Morgan fingerprint density at radius 3 is 2.68 bits per heavy atom. The molecule has 1 unspecified atom stereocenters. The number of ether oxygens (including phenoxy) is 1. The fraction of sp³-hybridized carbons (Fsp3) is 0.300. The summed E-state index contributed by atoms with van der Waals surface area (Å²) in [6.45, 7) is 4.03. The van der Waals surface area contributed by atoms with E-state index in [9.17, 15) is 4.79 Å². The number of benzene rings is 1. The van der Waals surface area contributed by atoms with Crippen LogP contribution in [0.4, 0.5) is 0 Å². The van der Waals surface area contributed by atoms with Crippen LogP contribution in [0.2, 0.25) is 0 Å². The molecule has 0 fully saturated rings. The smallest absolute Gasteiger partial charge is 0.230 e. The van der Waals surface area contributed by atoms with Gasteiger partial charge in [-0.05, 0) is 49.7 Å². The topological polar surface area (TPSA) is 81.9 Å². The molecule has 1 aromatic carbocycles. The van der Waals surface area contributed by atoms with Crippen molar-refractivity contribution in [2.45, 2.75) is 31.5 Å². The molecule has 2 heterocycles. The normalized spacial score (nSPS) is 11.8. The highest BCUT2D eigenvalue weighted by molar-refractivity contribution is 7.99. The molecule has 0 radical (unpaired) electrons. The maximum atomic E-state index is 12.2.